The third kappa shape index (κ3) is 1.34. The van der Waals surface area contributed by atoms with Crippen molar-refractivity contribution in [2.75, 3.05) is 0 Å². The fraction of sp³-hybridized carbons (Fsp3) is 0. The van der Waals surface area contributed by atoms with E-state index in [1.54, 1.807) is 0 Å². The van der Waals surface area contributed by atoms with E-state index in [0.29, 0.717) is 0 Å². The summed E-state index contributed by atoms with van der Waals surface area (Å²) in [5.74, 6) is -0.580. The van der Waals surface area contributed by atoms with Gasteiger partial charge in [0.2, 0.25) is 0 Å². The average molecular weight is 142 g/mol. The van der Waals surface area contributed by atoms with Crippen LogP contribution < -0.4 is 0 Å². The van der Waals surface area contributed by atoms with E-state index in [0.717, 1.165) is 12.4 Å². The van der Waals surface area contributed by atoms with Gasteiger partial charge >= 0.3 is 0 Å². The molecule has 0 atom stereocenters. The van der Waals surface area contributed by atoms with Crippen LogP contribution >= 0.6 is 0 Å². The summed E-state index contributed by atoms with van der Waals surface area (Å²) < 4.78 is 23.7. The second kappa shape index (κ2) is 3.00. The second-order valence-corrected chi connectivity index (χ2v) is 1.62. The first-order valence-corrected chi connectivity index (χ1v) is 2.58. The van der Waals surface area contributed by atoms with E-state index in [9.17, 15) is 8.87 Å². The zero-order chi connectivity index (χ0) is 7.40. The van der Waals surface area contributed by atoms with Gasteiger partial charge in [-0.1, -0.05) is 9.70 Å². The van der Waals surface area contributed by atoms with Crippen molar-refractivity contribution in [1.29, 1.82) is 0 Å². The Morgan fingerprint density at radius 2 is 2.40 bits per heavy atom. The number of hydrogen-bond donors (Lipinski definition) is 0. The minimum atomic E-state index is -0.580. The Bertz CT molecular complexity index is 247. The van der Waals surface area contributed by atoms with Crippen LogP contribution in [0.25, 0.3) is 0 Å². The summed E-state index contributed by atoms with van der Waals surface area (Å²) in [5, 5.41) is 2.17. The Labute approximate surface area is 56.2 Å². The maximum absolute atomic E-state index is 12.5. The van der Waals surface area contributed by atoms with Crippen LogP contribution in [-0.2, 0) is 0 Å². The summed E-state index contributed by atoms with van der Waals surface area (Å²) in [6.45, 7) is 0. The molecule has 1 aromatic heterocycles. The molecule has 0 bridgehead atoms. The van der Waals surface area contributed by atoms with E-state index in [-0.39, 0.29) is 5.56 Å². The molecule has 1 heterocycles. The van der Waals surface area contributed by atoms with Crippen molar-refractivity contribution in [3.63, 3.8) is 0 Å². The minimum Gasteiger partial charge on any atom is -0.262 e. The van der Waals surface area contributed by atoms with Crippen molar-refractivity contribution in [2.45, 2.75) is 0 Å². The fourth-order valence-electron chi connectivity index (χ4n) is 0.543. The summed E-state index contributed by atoms with van der Waals surface area (Å²) in [4.78, 5) is 3.47. The average Bonchev–Trinajstić information content (AvgIpc) is 1.94. The number of pyridine rings is 1. The van der Waals surface area contributed by atoms with Crippen molar-refractivity contribution in [3.05, 3.63) is 29.8 Å². The van der Waals surface area contributed by atoms with E-state index in [1.807, 2.05) is 0 Å². The molecular formula is C6H4F2N2. The Kier molecular flexibility index (Phi) is 2.04. The molecule has 0 aliphatic carbocycles. The summed E-state index contributed by atoms with van der Waals surface area (Å²) in [6, 6.07) is 1.33. The zero-order valence-electron chi connectivity index (χ0n) is 4.96. The van der Waals surface area contributed by atoms with Gasteiger partial charge in [0.05, 0.1) is 12.4 Å². The first-order valence-electron chi connectivity index (χ1n) is 2.58. The van der Waals surface area contributed by atoms with Gasteiger partial charge in [0.1, 0.15) is 5.82 Å². The lowest BCUT2D eigenvalue weighted by molar-refractivity contribution is 0.540. The Morgan fingerprint density at radius 1 is 1.60 bits per heavy atom. The summed E-state index contributed by atoms with van der Waals surface area (Å²) in [7, 11) is 0. The SMILES string of the molecule is F/N=C\c1ccncc1F. The predicted octanol–water partition coefficient (Wildman–Crippen LogP) is 1.52. The molecule has 52 valence electrons. The molecule has 0 aliphatic rings. The molecule has 0 radical (unpaired) electrons. The molecule has 10 heavy (non-hydrogen) atoms. The van der Waals surface area contributed by atoms with Gasteiger partial charge in [-0.2, -0.15) is 0 Å². The molecular weight excluding hydrogens is 138 g/mol. The molecule has 0 saturated carbocycles. The van der Waals surface area contributed by atoms with E-state index in [2.05, 4.69) is 10.2 Å². The third-order valence-electron chi connectivity index (χ3n) is 0.992. The quantitative estimate of drug-likeness (QED) is 0.546. The maximum atomic E-state index is 12.5. The number of nitrogens with zero attached hydrogens (tertiary/aromatic N) is 2. The zero-order valence-corrected chi connectivity index (χ0v) is 4.96. The maximum Gasteiger partial charge on any atom is 0.150 e. The lowest BCUT2D eigenvalue weighted by Crippen LogP contribution is -1.87. The topological polar surface area (TPSA) is 25.2 Å². The Balaban J connectivity index is 3.03. The molecule has 0 unspecified atom stereocenters. The van der Waals surface area contributed by atoms with Crippen LogP contribution in [0.2, 0.25) is 0 Å². The molecule has 4 heteroatoms. The molecule has 0 saturated heterocycles. The minimum absolute atomic E-state index is 0.0949. The number of aromatic nitrogens is 1. The number of hydrogen-bond acceptors (Lipinski definition) is 2. The molecule has 0 fully saturated rings. The lowest BCUT2D eigenvalue weighted by Gasteiger charge is -1.89. The van der Waals surface area contributed by atoms with E-state index in [4.69, 9.17) is 0 Å². The van der Waals surface area contributed by atoms with Crippen LogP contribution in [0.15, 0.2) is 23.7 Å². The number of rotatable bonds is 1. The van der Waals surface area contributed by atoms with Gasteiger partial charge in [-0.05, 0) is 6.07 Å². The normalized spacial score (nSPS) is 10.6. The highest BCUT2D eigenvalue weighted by Gasteiger charge is 1.95. The largest absolute Gasteiger partial charge is 0.262 e. The van der Waals surface area contributed by atoms with Crippen LogP contribution in [0.5, 0.6) is 0 Å². The Morgan fingerprint density at radius 3 is 3.00 bits per heavy atom. The molecule has 0 amide bonds. The summed E-state index contributed by atoms with van der Waals surface area (Å²) in [5.41, 5.74) is 0.0949. The van der Waals surface area contributed by atoms with E-state index >= 15 is 0 Å². The fourth-order valence-corrected chi connectivity index (χ4v) is 0.543. The highest BCUT2D eigenvalue weighted by molar-refractivity contribution is 5.78. The van der Waals surface area contributed by atoms with Gasteiger partial charge in [0, 0.05) is 11.8 Å². The highest BCUT2D eigenvalue weighted by Crippen LogP contribution is 2.00. The van der Waals surface area contributed by atoms with Crippen molar-refractivity contribution in [1.82, 2.24) is 4.98 Å². The van der Waals surface area contributed by atoms with Crippen molar-refractivity contribution >= 4 is 6.21 Å². The standard InChI is InChI=1S/C6H4F2N2/c7-6-4-9-2-1-5(6)3-10-8/h1-4H/b10-3-. The number of halogens is 2. The first-order chi connectivity index (χ1) is 4.84. The van der Waals surface area contributed by atoms with Crippen LogP contribution in [0.4, 0.5) is 8.87 Å². The van der Waals surface area contributed by atoms with Gasteiger partial charge in [-0.3, -0.25) is 4.98 Å². The molecule has 1 aromatic rings. The van der Waals surface area contributed by atoms with Crippen LogP contribution in [0.1, 0.15) is 5.56 Å². The molecule has 1 rings (SSSR count). The third-order valence-corrected chi connectivity index (χ3v) is 0.992. The van der Waals surface area contributed by atoms with Gasteiger partial charge in [-0.25, -0.2) is 4.39 Å². The van der Waals surface area contributed by atoms with Gasteiger partial charge < -0.3 is 0 Å². The first kappa shape index (κ1) is 6.80. The van der Waals surface area contributed by atoms with Crippen molar-refractivity contribution < 1.29 is 8.87 Å². The predicted molar refractivity (Wildman–Crippen MR) is 32.9 cm³/mol. The van der Waals surface area contributed by atoms with Crippen LogP contribution in [0.3, 0.4) is 0 Å². The summed E-state index contributed by atoms with van der Waals surface area (Å²) in [6.07, 6.45) is 3.15. The van der Waals surface area contributed by atoms with Crippen LogP contribution in [0, 0.1) is 5.82 Å². The lowest BCUT2D eigenvalue weighted by atomic mass is 10.3. The van der Waals surface area contributed by atoms with E-state index < -0.39 is 5.82 Å². The van der Waals surface area contributed by atoms with E-state index in [1.165, 1.54) is 12.3 Å². The van der Waals surface area contributed by atoms with Gasteiger partial charge in [0.15, 0.2) is 0 Å². The Hall–Kier alpha value is -1.32. The molecule has 0 N–H and O–H groups in total. The molecule has 0 aromatic carbocycles. The summed E-state index contributed by atoms with van der Waals surface area (Å²) >= 11 is 0. The van der Waals surface area contributed by atoms with Crippen molar-refractivity contribution in [2.24, 2.45) is 5.21 Å². The smallest absolute Gasteiger partial charge is 0.150 e. The van der Waals surface area contributed by atoms with Crippen LogP contribution in [-0.4, -0.2) is 11.2 Å². The van der Waals surface area contributed by atoms with Crippen molar-refractivity contribution in [3.8, 4) is 0 Å². The van der Waals surface area contributed by atoms with Gasteiger partial charge in [0.25, 0.3) is 0 Å². The monoisotopic (exact) mass is 142 g/mol. The highest BCUT2D eigenvalue weighted by atomic mass is 19.2. The molecule has 0 aliphatic heterocycles. The molecule has 0 spiro atoms. The van der Waals surface area contributed by atoms with Gasteiger partial charge in [-0.15, -0.1) is 0 Å². The molecule has 2 nitrogen and oxygen atoms in total. The second-order valence-electron chi connectivity index (χ2n) is 1.62.